The molecule has 2 rings (SSSR count). The molecule has 0 unspecified atom stereocenters. The number of halogens is 1. The van der Waals surface area contributed by atoms with E-state index in [1.165, 1.54) is 7.11 Å². The first-order valence-electron chi connectivity index (χ1n) is 7.56. The predicted octanol–water partition coefficient (Wildman–Crippen LogP) is 1.05. The van der Waals surface area contributed by atoms with Gasteiger partial charge >= 0.3 is 0 Å². The van der Waals surface area contributed by atoms with Crippen molar-refractivity contribution >= 4 is 40.9 Å². The lowest BCUT2D eigenvalue weighted by Gasteiger charge is -2.15. The minimum absolute atomic E-state index is 0.0177. The van der Waals surface area contributed by atoms with Gasteiger partial charge in [-0.1, -0.05) is 18.5 Å². The topological polar surface area (TPSA) is 158 Å². The van der Waals surface area contributed by atoms with Gasteiger partial charge < -0.3 is 26.8 Å². The largest absolute Gasteiger partial charge is 0.495 e. The number of ether oxygens (including phenoxy) is 1. The van der Waals surface area contributed by atoms with Crippen molar-refractivity contribution in [3.05, 3.63) is 28.9 Å². The SMILES string of the molecule is CC[C@@H](Nc1nnc(C(N)=O)c(Nc2ccc(Cl)c(OC)c2)n1)C(N)=O. The summed E-state index contributed by atoms with van der Waals surface area (Å²) in [5.74, 6) is -0.880. The normalized spacial score (nSPS) is 11.5. The van der Waals surface area contributed by atoms with E-state index in [1.807, 2.05) is 0 Å². The fourth-order valence-corrected chi connectivity index (χ4v) is 2.24. The Morgan fingerprint density at radius 3 is 2.62 bits per heavy atom. The van der Waals surface area contributed by atoms with Gasteiger partial charge in [-0.15, -0.1) is 10.2 Å². The number of rotatable bonds is 8. The quantitative estimate of drug-likeness (QED) is 0.529. The van der Waals surface area contributed by atoms with Crippen molar-refractivity contribution in [3.63, 3.8) is 0 Å². The van der Waals surface area contributed by atoms with E-state index in [2.05, 4.69) is 25.8 Å². The van der Waals surface area contributed by atoms with Gasteiger partial charge in [0.1, 0.15) is 11.8 Å². The molecule has 1 atom stereocenters. The molecule has 2 amide bonds. The van der Waals surface area contributed by atoms with Crippen molar-refractivity contribution in [2.24, 2.45) is 11.5 Å². The molecule has 26 heavy (non-hydrogen) atoms. The summed E-state index contributed by atoms with van der Waals surface area (Å²) in [7, 11) is 1.48. The zero-order chi connectivity index (χ0) is 19.3. The van der Waals surface area contributed by atoms with Crippen molar-refractivity contribution in [1.29, 1.82) is 0 Å². The van der Waals surface area contributed by atoms with Crippen LogP contribution in [0.5, 0.6) is 5.75 Å². The van der Waals surface area contributed by atoms with Gasteiger partial charge in [0.15, 0.2) is 11.5 Å². The molecule has 0 saturated heterocycles. The standard InChI is InChI=1S/C15H18ClN7O3/c1-3-9(12(17)24)20-15-21-14(11(13(18)25)22-23-15)19-7-4-5-8(16)10(6-7)26-2/h4-6,9H,3H2,1-2H3,(H2,17,24)(H2,18,25)(H2,19,20,21,23)/t9-/m1/s1. The van der Waals surface area contributed by atoms with Gasteiger partial charge in [-0.25, -0.2) is 0 Å². The molecule has 1 aromatic heterocycles. The van der Waals surface area contributed by atoms with E-state index in [9.17, 15) is 9.59 Å². The van der Waals surface area contributed by atoms with Crippen LogP contribution < -0.4 is 26.8 Å². The zero-order valence-electron chi connectivity index (χ0n) is 14.1. The number of aromatic nitrogens is 3. The average Bonchev–Trinajstić information content (AvgIpc) is 2.60. The lowest BCUT2D eigenvalue weighted by molar-refractivity contribution is -0.118. The first-order valence-corrected chi connectivity index (χ1v) is 7.94. The molecule has 1 heterocycles. The molecule has 0 aliphatic heterocycles. The van der Waals surface area contributed by atoms with Crippen molar-refractivity contribution in [3.8, 4) is 5.75 Å². The Kier molecular flexibility index (Phi) is 6.12. The summed E-state index contributed by atoms with van der Waals surface area (Å²) in [6.07, 6.45) is 0.424. The fraction of sp³-hybridized carbons (Fsp3) is 0.267. The lowest BCUT2D eigenvalue weighted by atomic mass is 10.2. The molecular formula is C15H18ClN7O3. The van der Waals surface area contributed by atoms with Gasteiger partial charge in [-0.05, 0) is 18.6 Å². The Labute approximate surface area is 154 Å². The lowest BCUT2D eigenvalue weighted by Crippen LogP contribution is -2.35. The number of anilines is 3. The summed E-state index contributed by atoms with van der Waals surface area (Å²) in [6.45, 7) is 1.77. The molecular weight excluding hydrogens is 362 g/mol. The minimum atomic E-state index is -0.818. The highest BCUT2D eigenvalue weighted by atomic mass is 35.5. The van der Waals surface area contributed by atoms with Crippen molar-refractivity contribution in [1.82, 2.24) is 15.2 Å². The number of carbonyl (C=O) groups excluding carboxylic acids is 2. The van der Waals surface area contributed by atoms with E-state index in [4.69, 9.17) is 27.8 Å². The Hall–Kier alpha value is -3.14. The number of hydrogen-bond acceptors (Lipinski definition) is 8. The van der Waals surface area contributed by atoms with Crippen LogP contribution in [0, 0.1) is 0 Å². The number of nitrogens with zero attached hydrogens (tertiary/aromatic N) is 3. The zero-order valence-corrected chi connectivity index (χ0v) is 14.9. The predicted molar refractivity (Wildman–Crippen MR) is 96.5 cm³/mol. The number of primary amides is 2. The van der Waals surface area contributed by atoms with E-state index < -0.39 is 17.9 Å². The van der Waals surface area contributed by atoms with Crippen LogP contribution in [0.4, 0.5) is 17.5 Å². The van der Waals surface area contributed by atoms with Gasteiger partial charge in [0, 0.05) is 11.8 Å². The van der Waals surface area contributed by atoms with Gasteiger partial charge in [0.05, 0.1) is 12.1 Å². The summed E-state index contributed by atoms with van der Waals surface area (Å²) < 4.78 is 5.14. The van der Waals surface area contributed by atoms with Crippen LogP contribution in [0.3, 0.4) is 0 Å². The number of hydrogen-bond donors (Lipinski definition) is 4. The summed E-state index contributed by atoms with van der Waals surface area (Å²) in [4.78, 5) is 27.1. The molecule has 0 aliphatic rings. The van der Waals surface area contributed by atoms with Crippen molar-refractivity contribution < 1.29 is 14.3 Å². The second-order valence-electron chi connectivity index (χ2n) is 5.18. The van der Waals surface area contributed by atoms with Crippen LogP contribution in [-0.2, 0) is 4.79 Å². The van der Waals surface area contributed by atoms with Crippen LogP contribution in [-0.4, -0.2) is 40.1 Å². The maximum Gasteiger partial charge on any atom is 0.273 e. The van der Waals surface area contributed by atoms with E-state index in [0.717, 1.165) is 0 Å². The van der Waals surface area contributed by atoms with Gasteiger partial charge in [-0.2, -0.15) is 4.98 Å². The Morgan fingerprint density at radius 1 is 1.31 bits per heavy atom. The van der Waals surface area contributed by atoms with E-state index in [-0.39, 0.29) is 17.5 Å². The molecule has 0 fully saturated rings. The summed E-state index contributed by atoms with van der Waals surface area (Å²) in [5, 5.41) is 13.6. The Morgan fingerprint density at radius 2 is 2.04 bits per heavy atom. The van der Waals surface area contributed by atoms with E-state index in [0.29, 0.717) is 22.9 Å². The van der Waals surface area contributed by atoms with Crippen LogP contribution in [0.25, 0.3) is 0 Å². The van der Waals surface area contributed by atoms with Crippen LogP contribution in [0.1, 0.15) is 23.8 Å². The third kappa shape index (κ3) is 4.48. The van der Waals surface area contributed by atoms with Crippen LogP contribution in [0.15, 0.2) is 18.2 Å². The maximum atomic E-state index is 11.6. The Bertz CT molecular complexity index is 831. The van der Waals surface area contributed by atoms with Crippen LogP contribution in [0.2, 0.25) is 5.02 Å². The summed E-state index contributed by atoms with van der Waals surface area (Å²) >= 11 is 5.99. The van der Waals surface area contributed by atoms with Crippen molar-refractivity contribution in [2.75, 3.05) is 17.7 Å². The van der Waals surface area contributed by atoms with Crippen LogP contribution >= 0.6 is 11.6 Å². The highest BCUT2D eigenvalue weighted by Gasteiger charge is 2.18. The second kappa shape index (κ2) is 8.30. The Balaban J connectivity index is 2.37. The highest BCUT2D eigenvalue weighted by molar-refractivity contribution is 6.32. The second-order valence-corrected chi connectivity index (χ2v) is 5.59. The monoisotopic (exact) mass is 379 g/mol. The molecule has 10 nitrogen and oxygen atoms in total. The molecule has 138 valence electrons. The highest BCUT2D eigenvalue weighted by Crippen LogP contribution is 2.29. The molecule has 2 aromatic rings. The molecule has 0 bridgehead atoms. The van der Waals surface area contributed by atoms with Gasteiger partial charge in [0.2, 0.25) is 11.9 Å². The van der Waals surface area contributed by atoms with E-state index >= 15 is 0 Å². The number of nitrogens with one attached hydrogen (secondary N) is 2. The smallest absolute Gasteiger partial charge is 0.273 e. The van der Waals surface area contributed by atoms with Gasteiger partial charge in [-0.3, -0.25) is 9.59 Å². The number of methoxy groups -OCH3 is 1. The molecule has 6 N–H and O–H groups in total. The fourth-order valence-electron chi connectivity index (χ4n) is 2.04. The molecule has 11 heteroatoms. The summed E-state index contributed by atoms with van der Waals surface area (Å²) in [6, 6.07) is 4.20. The minimum Gasteiger partial charge on any atom is -0.495 e. The maximum absolute atomic E-state index is 11.6. The molecule has 0 aliphatic carbocycles. The van der Waals surface area contributed by atoms with E-state index in [1.54, 1.807) is 25.1 Å². The summed E-state index contributed by atoms with van der Waals surface area (Å²) in [5.41, 5.74) is 11.0. The van der Waals surface area contributed by atoms with Crippen molar-refractivity contribution in [2.45, 2.75) is 19.4 Å². The third-order valence-corrected chi connectivity index (χ3v) is 3.70. The molecule has 0 spiro atoms. The average molecular weight is 380 g/mol. The molecule has 0 radical (unpaired) electrons. The molecule has 1 aromatic carbocycles. The number of benzene rings is 1. The third-order valence-electron chi connectivity index (χ3n) is 3.39. The number of amides is 2. The molecule has 0 saturated carbocycles. The number of carbonyl (C=O) groups is 2. The number of nitrogens with two attached hydrogens (primary N) is 2. The first-order chi connectivity index (χ1) is 12.3. The first kappa shape index (κ1) is 19.2. The van der Waals surface area contributed by atoms with Gasteiger partial charge in [0.25, 0.3) is 5.91 Å².